The topological polar surface area (TPSA) is 142 Å². The third-order valence-electron chi connectivity index (χ3n) is 6.07. The number of allylic oxidation sites excluding steroid dienone is 2. The summed E-state index contributed by atoms with van der Waals surface area (Å²) >= 11 is 0. The predicted octanol–water partition coefficient (Wildman–Crippen LogP) is 2.30. The Hall–Kier alpha value is -3.63. The molecule has 0 unspecified atom stereocenters. The Morgan fingerprint density at radius 1 is 1.03 bits per heavy atom. The fourth-order valence-electron chi connectivity index (χ4n) is 4.51. The number of nitrogens with zero attached hydrogens (tertiary/aromatic N) is 1. The van der Waals surface area contributed by atoms with Crippen LogP contribution in [-0.4, -0.2) is 34.4 Å². The van der Waals surface area contributed by atoms with Crippen LogP contribution >= 0.6 is 0 Å². The molecule has 2 aromatic rings. The minimum atomic E-state index is -3.89. The summed E-state index contributed by atoms with van der Waals surface area (Å²) in [5, 5.41) is 5.22. The number of hydrogen-bond acceptors (Lipinski definition) is 8. The zero-order chi connectivity index (χ0) is 24.6. The number of nitrogens with two attached hydrogens (primary N) is 2. The number of ketones is 1. The highest BCUT2D eigenvalue weighted by Crippen LogP contribution is 2.47. The maximum atomic E-state index is 13.2. The van der Waals surface area contributed by atoms with Crippen LogP contribution in [0.4, 0.5) is 5.69 Å². The van der Waals surface area contributed by atoms with E-state index >= 15 is 0 Å². The minimum absolute atomic E-state index is 0.0611. The fourth-order valence-corrected chi connectivity index (χ4v) is 5.02. The Balaban J connectivity index is 1.94. The molecular weight excluding hydrogens is 458 g/mol. The van der Waals surface area contributed by atoms with Crippen molar-refractivity contribution < 1.29 is 27.5 Å². The largest absolute Gasteiger partial charge is 0.497 e. The SMILES string of the molecule is COC(=O)C1=C(N)N(c2ccc(S(N)(=O)=O)cc2)C2=C(C(=O)CCC2)[C@@H]1c1ccc(OC)cc1. The predicted molar refractivity (Wildman–Crippen MR) is 125 cm³/mol. The molecule has 0 bridgehead atoms. The van der Waals surface area contributed by atoms with E-state index in [2.05, 4.69) is 0 Å². The van der Waals surface area contributed by atoms with Gasteiger partial charge in [-0.05, 0) is 54.8 Å². The number of sulfonamides is 1. The summed E-state index contributed by atoms with van der Waals surface area (Å²) in [4.78, 5) is 27.8. The molecule has 0 aromatic heterocycles. The number of esters is 1. The van der Waals surface area contributed by atoms with Gasteiger partial charge in [0.1, 0.15) is 11.6 Å². The monoisotopic (exact) mass is 483 g/mol. The second-order valence-corrected chi connectivity index (χ2v) is 9.57. The van der Waals surface area contributed by atoms with Crippen molar-refractivity contribution in [1.82, 2.24) is 0 Å². The lowest BCUT2D eigenvalue weighted by molar-refractivity contribution is -0.136. The maximum Gasteiger partial charge on any atom is 0.338 e. The van der Waals surface area contributed by atoms with E-state index in [1.807, 2.05) is 0 Å². The molecule has 0 saturated heterocycles. The Labute approximate surface area is 197 Å². The number of Topliss-reactive ketones (excluding diaryl/α,β-unsaturated/α-hetero) is 1. The Morgan fingerprint density at radius 3 is 2.24 bits per heavy atom. The first-order chi connectivity index (χ1) is 16.2. The van der Waals surface area contributed by atoms with Crippen molar-refractivity contribution in [3.8, 4) is 5.75 Å². The summed E-state index contributed by atoms with van der Waals surface area (Å²) in [6, 6.07) is 12.9. The number of anilines is 1. The van der Waals surface area contributed by atoms with Crippen molar-refractivity contribution in [2.45, 2.75) is 30.1 Å². The molecule has 2 aliphatic rings. The number of carbonyl (C=O) groups excluding carboxylic acids is 2. The van der Waals surface area contributed by atoms with Gasteiger partial charge in [-0.2, -0.15) is 0 Å². The summed E-state index contributed by atoms with van der Waals surface area (Å²) in [6.45, 7) is 0. The summed E-state index contributed by atoms with van der Waals surface area (Å²) in [6.07, 6.45) is 1.53. The van der Waals surface area contributed by atoms with Crippen LogP contribution in [0.5, 0.6) is 5.75 Å². The van der Waals surface area contributed by atoms with Crippen LogP contribution in [0.25, 0.3) is 0 Å². The van der Waals surface area contributed by atoms with Crippen LogP contribution in [0.15, 0.2) is 76.1 Å². The lowest BCUT2D eigenvalue weighted by atomic mass is 9.75. The van der Waals surface area contributed by atoms with Gasteiger partial charge in [0, 0.05) is 23.4 Å². The molecule has 10 heteroatoms. The number of ether oxygens (including phenoxy) is 2. The average molecular weight is 484 g/mol. The smallest absolute Gasteiger partial charge is 0.338 e. The van der Waals surface area contributed by atoms with E-state index in [0.717, 1.165) is 0 Å². The van der Waals surface area contributed by atoms with E-state index in [1.54, 1.807) is 48.4 Å². The van der Waals surface area contributed by atoms with Crippen LogP contribution in [0.1, 0.15) is 30.7 Å². The van der Waals surface area contributed by atoms with E-state index in [9.17, 15) is 18.0 Å². The van der Waals surface area contributed by atoms with Crippen LogP contribution in [0.3, 0.4) is 0 Å². The minimum Gasteiger partial charge on any atom is -0.497 e. The van der Waals surface area contributed by atoms with E-state index in [-0.39, 0.29) is 22.1 Å². The fraction of sp³-hybridized carbons (Fsp3) is 0.250. The first-order valence-corrected chi connectivity index (χ1v) is 12.1. The molecule has 0 radical (unpaired) electrons. The molecule has 0 amide bonds. The molecule has 0 fully saturated rings. The molecule has 4 N–H and O–H groups in total. The van der Waals surface area contributed by atoms with Crippen LogP contribution in [0.2, 0.25) is 0 Å². The van der Waals surface area contributed by atoms with Crippen molar-refractivity contribution in [2.24, 2.45) is 10.9 Å². The second kappa shape index (κ2) is 8.96. The first kappa shape index (κ1) is 23.5. The van der Waals surface area contributed by atoms with Gasteiger partial charge in [0.2, 0.25) is 10.0 Å². The van der Waals surface area contributed by atoms with Crippen LogP contribution in [0, 0.1) is 0 Å². The van der Waals surface area contributed by atoms with Gasteiger partial charge in [-0.15, -0.1) is 0 Å². The number of hydrogen-bond donors (Lipinski definition) is 2. The summed E-state index contributed by atoms with van der Waals surface area (Å²) in [5.41, 5.74) is 9.07. The lowest BCUT2D eigenvalue weighted by Gasteiger charge is -2.40. The van der Waals surface area contributed by atoms with Gasteiger partial charge in [0.05, 0.1) is 30.6 Å². The number of primary sulfonamides is 1. The van der Waals surface area contributed by atoms with Crippen molar-refractivity contribution >= 4 is 27.5 Å². The Kier molecular flexibility index (Phi) is 6.20. The quantitative estimate of drug-likeness (QED) is 0.617. The van der Waals surface area contributed by atoms with E-state index < -0.39 is 21.9 Å². The molecule has 34 heavy (non-hydrogen) atoms. The number of methoxy groups -OCH3 is 2. The van der Waals surface area contributed by atoms with Gasteiger partial charge in [-0.1, -0.05) is 12.1 Å². The summed E-state index contributed by atoms with van der Waals surface area (Å²) < 4.78 is 33.7. The molecule has 9 nitrogen and oxygen atoms in total. The summed E-state index contributed by atoms with van der Waals surface area (Å²) in [7, 11) is -1.08. The lowest BCUT2D eigenvalue weighted by Crippen LogP contribution is -2.40. The molecule has 2 aromatic carbocycles. The highest BCUT2D eigenvalue weighted by atomic mass is 32.2. The molecule has 0 spiro atoms. The molecule has 1 heterocycles. The summed E-state index contributed by atoms with van der Waals surface area (Å²) in [5.74, 6) is -0.695. The molecular formula is C24H25N3O6S. The van der Waals surface area contributed by atoms with Gasteiger partial charge in [0.25, 0.3) is 0 Å². The van der Waals surface area contributed by atoms with E-state index in [4.69, 9.17) is 20.3 Å². The van der Waals surface area contributed by atoms with E-state index in [1.165, 1.54) is 19.2 Å². The van der Waals surface area contributed by atoms with Crippen molar-refractivity contribution in [3.63, 3.8) is 0 Å². The highest BCUT2D eigenvalue weighted by molar-refractivity contribution is 7.89. The molecule has 178 valence electrons. The normalized spacial score (nSPS) is 18.6. The van der Waals surface area contributed by atoms with Gasteiger partial charge in [-0.3, -0.25) is 9.69 Å². The molecule has 4 rings (SSSR count). The van der Waals surface area contributed by atoms with Crippen LogP contribution < -0.4 is 20.5 Å². The molecule has 1 atom stereocenters. The van der Waals surface area contributed by atoms with Crippen molar-refractivity contribution in [3.05, 3.63) is 76.8 Å². The molecule has 1 aliphatic carbocycles. The van der Waals surface area contributed by atoms with Gasteiger partial charge in [0.15, 0.2) is 5.78 Å². The van der Waals surface area contributed by atoms with Gasteiger partial charge >= 0.3 is 5.97 Å². The maximum absolute atomic E-state index is 13.2. The third kappa shape index (κ3) is 4.06. The number of carbonyl (C=O) groups is 2. The Morgan fingerprint density at radius 2 is 1.68 bits per heavy atom. The average Bonchev–Trinajstić information content (AvgIpc) is 2.82. The van der Waals surface area contributed by atoms with Gasteiger partial charge in [-0.25, -0.2) is 18.4 Å². The highest BCUT2D eigenvalue weighted by Gasteiger charge is 2.43. The molecule has 1 aliphatic heterocycles. The standard InChI is InChI=1S/C24H25N3O6S/c1-32-16-10-6-14(7-11-16)20-21-18(4-3-5-19(21)28)27(23(25)22(20)24(29)33-2)15-8-12-17(13-9-15)34(26,30)31/h6-13,20H,3-5,25H2,1-2H3,(H2,26,30,31)/t20-/m0/s1. The number of rotatable bonds is 5. The van der Waals surface area contributed by atoms with Crippen molar-refractivity contribution in [1.29, 1.82) is 0 Å². The van der Waals surface area contributed by atoms with Gasteiger partial charge < -0.3 is 15.2 Å². The molecule has 0 saturated carbocycles. The zero-order valence-electron chi connectivity index (χ0n) is 18.8. The van der Waals surface area contributed by atoms with Crippen molar-refractivity contribution in [2.75, 3.05) is 19.1 Å². The number of benzene rings is 2. The first-order valence-electron chi connectivity index (χ1n) is 10.6. The Bertz CT molecular complexity index is 1310. The van der Waals surface area contributed by atoms with Crippen LogP contribution in [-0.2, 0) is 24.3 Å². The second-order valence-electron chi connectivity index (χ2n) is 8.01. The zero-order valence-corrected chi connectivity index (χ0v) is 19.6. The van der Waals surface area contributed by atoms with E-state index in [0.29, 0.717) is 47.5 Å². The third-order valence-corrected chi connectivity index (χ3v) is 7.00.